The number of anilines is 1. The molecular weight excluding hydrogens is 677 g/mol. The Morgan fingerprint density at radius 3 is 2.09 bits per heavy atom. The molecule has 0 fully saturated rings. The first kappa shape index (κ1) is 37.1. The monoisotopic (exact) mass is 713 g/mol. The lowest BCUT2D eigenvalue weighted by atomic mass is 10.1. The maximum absolute atomic E-state index is 14.4. The van der Waals surface area contributed by atoms with E-state index in [2.05, 4.69) is 5.32 Å². The smallest absolute Gasteiger partial charge is 0.265 e. The van der Waals surface area contributed by atoms with Crippen LogP contribution in [0.25, 0.3) is 0 Å². The van der Waals surface area contributed by atoms with Crippen molar-refractivity contribution < 1.29 is 32.2 Å². The Balaban J connectivity index is 2.17. The first-order valence-electron chi connectivity index (χ1n) is 14.5. The van der Waals surface area contributed by atoms with E-state index in [0.29, 0.717) is 22.9 Å². The molecule has 3 aromatic carbocycles. The van der Waals surface area contributed by atoms with Gasteiger partial charge in [0.05, 0.1) is 31.9 Å². The van der Waals surface area contributed by atoms with Crippen LogP contribution in [-0.2, 0) is 26.2 Å². The third-order valence-corrected chi connectivity index (χ3v) is 9.78. The van der Waals surface area contributed by atoms with Crippen LogP contribution in [0.5, 0.6) is 17.2 Å². The Bertz CT molecular complexity index is 1640. The molecule has 0 heterocycles. The minimum Gasteiger partial charge on any atom is -0.495 e. The minimum atomic E-state index is -4.48. The number of amides is 2. The molecule has 0 unspecified atom stereocenters. The second-order valence-electron chi connectivity index (χ2n) is 10.2. The lowest BCUT2D eigenvalue weighted by molar-refractivity contribution is -0.140. The van der Waals surface area contributed by atoms with Crippen molar-refractivity contribution in [2.75, 3.05) is 38.7 Å². The predicted molar refractivity (Wildman–Crippen MR) is 181 cm³/mol. The Morgan fingerprint density at radius 2 is 1.48 bits per heavy atom. The molecule has 0 aromatic heterocycles. The van der Waals surface area contributed by atoms with Crippen LogP contribution in [0.4, 0.5) is 5.69 Å². The van der Waals surface area contributed by atoms with E-state index in [1.807, 2.05) is 6.92 Å². The van der Waals surface area contributed by atoms with Crippen LogP contribution in [0.1, 0.15) is 38.7 Å². The molecular formula is C32H38Cl3N3O7S. The van der Waals surface area contributed by atoms with E-state index >= 15 is 0 Å². The summed E-state index contributed by atoms with van der Waals surface area (Å²) in [6.45, 7) is 3.39. The van der Waals surface area contributed by atoms with Gasteiger partial charge in [-0.1, -0.05) is 61.1 Å². The molecule has 3 aromatic rings. The fraction of sp³-hybridized carbons (Fsp3) is 0.375. The third-order valence-electron chi connectivity index (χ3n) is 7.20. The Labute approximate surface area is 285 Å². The highest BCUT2D eigenvalue weighted by Crippen LogP contribution is 2.37. The van der Waals surface area contributed by atoms with Gasteiger partial charge < -0.3 is 24.4 Å². The summed E-state index contributed by atoms with van der Waals surface area (Å²) >= 11 is 18.9. The quantitative estimate of drug-likeness (QED) is 0.167. The van der Waals surface area contributed by atoms with Crippen molar-refractivity contribution in [1.29, 1.82) is 0 Å². The van der Waals surface area contributed by atoms with Gasteiger partial charge in [-0.15, -0.1) is 0 Å². The van der Waals surface area contributed by atoms with Gasteiger partial charge in [0.15, 0.2) is 11.5 Å². The van der Waals surface area contributed by atoms with E-state index in [1.165, 1.54) is 68.7 Å². The molecule has 3 rings (SSSR count). The maximum atomic E-state index is 14.4. The standard InChI is InChI=1S/C32H38Cl3N3O7S/c1-6-8-15-36-32(40)26(7-2)37(19-21-9-10-22(33)16-25(21)35)31(39)20-38(27-17-23(34)11-13-28(27)43-3)46(41,42)24-12-14-29(44-4)30(18-24)45-5/h9-14,16-18,26H,6-8,15,19-20H2,1-5H3,(H,36,40)/t26-/m1/s1. The zero-order chi connectivity index (χ0) is 34.0. The average Bonchev–Trinajstić information content (AvgIpc) is 3.03. The van der Waals surface area contributed by atoms with Crippen LogP contribution in [0.15, 0.2) is 59.5 Å². The largest absolute Gasteiger partial charge is 0.495 e. The van der Waals surface area contributed by atoms with Gasteiger partial charge in [-0.25, -0.2) is 8.42 Å². The van der Waals surface area contributed by atoms with Gasteiger partial charge in [0, 0.05) is 34.2 Å². The number of hydrogen-bond acceptors (Lipinski definition) is 7. The molecule has 46 heavy (non-hydrogen) atoms. The normalized spacial score (nSPS) is 11.8. The summed E-state index contributed by atoms with van der Waals surface area (Å²) in [7, 11) is -0.296. The van der Waals surface area contributed by atoms with Crippen LogP contribution < -0.4 is 23.8 Å². The van der Waals surface area contributed by atoms with Gasteiger partial charge >= 0.3 is 0 Å². The van der Waals surface area contributed by atoms with Crippen LogP contribution in [0.3, 0.4) is 0 Å². The Morgan fingerprint density at radius 1 is 0.848 bits per heavy atom. The summed E-state index contributed by atoms with van der Waals surface area (Å²) in [5.41, 5.74) is 0.539. The summed E-state index contributed by atoms with van der Waals surface area (Å²) in [6, 6.07) is 12.4. The Kier molecular flexibility index (Phi) is 13.7. The molecule has 0 saturated carbocycles. The summed E-state index contributed by atoms with van der Waals surface area (Å²) in [6.07, 6.45) is 1.87. The molecule has 0 aliphatic rings. The number of hydrogen-bond donors (Lipinski definition) is 1. The zero-order valence-electron chi connectivity index (χ0n) is 26.3. The second-order valence-corrected chi connectivity index (χ2v) is 13.3. The first-order chi connectivity index (χ1) is 21.9. The molecule has 10 nitrogen and oxygen atoms in total. The first-order valence-corrected chi connectivity index (χ1v) is 17.1. The average molecular weight is 715 g/mol. The molecule has 0 aliphatic carbocycles. The van der Waals surface area contributed by atoms with Crippen molar-refractivity contribution in [2.24, 2.45) is 0 Å². The van der Waals surface area contributed by atoms with Crippen LogP contribution in [-0.4, -0.2) is 65.6 Å². The van der Waals surface area contributed by atoms with Crippen molar-refractivity contribution >= 4 is 62.3 Å². The van der Waals surface area contributed by atoms with Crippen molar-refractivity contribution in [1.82, 2.24) is 10.2 Å². The summed E-state index contributed by atoms with van der Waals surface area (Å²) < 4.78 is 45.8. The number of carbonyl (C=O) groups excluding carboxylic acids is 2. The van der Waals surface area contributed by atoms with E-state index in [4.69, 9.17) is 49.0 Å². The third kappa shape index (κ3) is 8.90. The molecule has 14 heteroatoms. The van der Waals surface area contributed by atoms with Crippen LogP contribution >= 0.6 is 34.8 Å². The summed E-state index contributed by atoms with van der Waals surface area (Å²) in [5, 5.41) is 3.79. The van der Waals surface area contributed by atoms with E-state index < -0.39 is 28.5 Å². The number of rotatable bonds is 16. The van der Waals surface area contributed by atoms with Crippen LogP contribution in [0.2, 0.25) is 15.1 Å². The fourth-order valence-corrected chi connectivity index (χ4v) is 6.80. The molecule has 0 aliphatic heterocycles. The highest BCUT2D eigenvalue weighted by atomic mass is 35.5. The van der Waals surface area contributed by atoms with Crippen molar-refractivity contribution in [3.05, 3.63) is 75.2 Å². The number of unbranched alkanes of at least 4 members (excludes halogenated alkanes) is 1. The van der Waals surface area contributed by atoms with E-state index in [0.717, 1.165) is 17.1 Å². The fourth-order valence-electron chi connectivity index (χ4n) is 4.73. The van der Waals surface area contributed by atoms with Crippen molar-refractivity contribution in [2.45, 2.75) is 50.6 Å². The maximum Gasteiger partial charge on any atom is 0.265 e. The SMILES string of the molecule is CCCCNC(=O)[C@@H](CC)N(Cc1ccc(Cl)cc1Cl)C(=O)CN(c1cc(Cl)ccc1OC)S(=O)(=O)c1ccc(OC)c(OC)c1. The van der Waals surface area contributed by atoms with Gasteiger partial charge in [0.1, 0.15) is 18.3 Å². The molecule has 0 radical (unpaired) electrons. The number of methoxy groups -OCH3 is 3. The Hall–Kier alpha value is -3.38. The van der Waals surface area contributed by atoms with E-state index in [-0.39, 0.29) is 51.0 Å². The number of carbonyl (C=O) groups is 2. The molecule has 0 bridgehead atoms. The molecule has 0 saturated heterocycles. The predicted octanol–water partition coefficient (Wildman–Crippen LogP) is 6.59. The lowest BCUT2D eigenvalue weighted by Gasteiger charge is -2.33. The molecule has 2 amide bonds. The number of nitrogens with zero attached hydrogens (tertiary/aromatic N) is 2. The number of halogens is 3. The van der Waals surface area contributed by atoms with E-state index in [9.17, 15) is 18.0 Å². The molecule has 1 N–H and O–H groups in total. The number of sulfonamides is 1. The topological polar surface area (TPSA) is 114 Å². The number of nitrogens with one attached hydrogen (secondary N) is 1. The highest BCUT2D eigenvalue weighted by molar-refractivity contribution is 7.92. The highest BCUT2D eigenvalue weighted by Gasteiger charge is 2.35. The molecule has 250 valence electrons. The number of benzene rings is 3. The summed E-state index contributed by atoms with van der Waals surface area (Å²) in [5.74, 6) is -0.409. The molecule has 1 atom stereocenters. The van der Waals surface area contributed by atoms with Gasteiger partial charge in [0.2, 0.25) is 11.8 Å². The van der Waals surface area contributed by atoms with Gasteiger partial charge in [-0.2, -0.15) is 0 Å². The van der Waals surface area contributed by atoms with Gasteiger partial charge in [-0.05, 0) is 60.9 Å². The second kappa shape index (κ2) is 17.0. The summed E-state index contributed by atoms with van der Waals surface area (Å²) in [4.78, 5) is 28.9. The van der Waals surface area contributed by atoms with Gasteiger partial charge in [-0.3, -0.25) is 13.9 Å². The minimum absolute atomic E-state index is 0.0167. The van der Waals surface area contributed by atoms with Gasteiger partial charge in [0.25, 0.3) is 10.0 Å². The van der Waals surface area contributed by atoms with Crippen molar-refractivity contribution in [3.63, 3.8) is 0 Å². The molecule has 0 spiro atoms. The lowest BCUT2D eigenvalue weighted by Crippen LogP contribution is -2.52. The van der Waals surface area contributed by atoms with Crippen molar-refractivity contribution in [3.8, 4) is 17.2 Å². The van der Waals surface area contributed by atoms with E-state index in [1.54, 1.807) is 19.1 Å². The number of ether oxygens (including phenoxy) is 3. The zero-order valence-corrected chi connectivity index (χ0v) is 29.4. The van der Waals surface area contributed by atoms with Crippen LogP contribution in [0, 0.1) is 0 Å².